The third-order valence-corrected chi connectivity index (χ3v) is 3.81. The van der Waals surface area contributed by atoms with Crippen molar-refractivity contribution in [2.24, 2.45) is 0 Å². The van der Waals surface area contributed by atoms with Crippen LogP contribution in [-0.2, 0) is 4.79 Å². The molecule has 1 aliphatic rings. The van der Waals surface area contributed by atoms with E-state index in [-0.39, 0.29) is 11.4 Å². The van der Waals surface area contributed by atoms with Crippen LogP contribution in [0, 0.1) is 0 Å². The lowest BCUT2D eigenvalue weighted by atomic mass is 10.0. The monoisotopic (exact) mass is 240 g/mol. The lowest BCUT2D eigenvalue weighted by Crippen LogP contribution is -2.49. The van der Waals surface area contributed by atoms with Crippen LogP contribution in [0.4, 0.5) is 0 Å². The zero-order valence-corrected chi connectivity index (χ0v) is 11.7. The van der Waals surface area contributed by atoms with Gasteiger partial charge in [0.05, 0.1) is 5.54 Å². The summed E-state index contributed by atoms with van der Waals surface area (Å²) in [5.41, 5.74) is -0.293. The molecule has 1 fully saturated rings. The molecule has 0 bridgehead atoms. The first-order valence-electron chi connectivity index (χ1n) is 7.11. The van der Waals surface area contributed by atoms with Crippen molar-refractivity contribution in [2.75, 3.05) is 20.1 Å². The molecule has 1 atom stereocenters. The molecular formula is C14H28N2O. The fourth-order valence-electron chi connectivity index (χ4n) is 2.45. The summed E-state index contributed by atoms with van der Waals surface area (Å²) in [6.07, 6.45) is 8.77. The maximum atomic E-state index is 11.9. The van der Waals surface area contributed by atoms with E-state index in [1.807, 2.05) is 18.9 Å². The SMILES string of the molecule is CCCCCCCCNC1(C)CCN(C)C1=O. The van der Waals surface area contributed by atoms with Gasteiger partial charge in [-0.2, -0.15) is 0 Å². The van der Waals surface area contributed by atoms with Crippen molar-refractivity contribution >= 4 is 5.91 Å². The van der Waals surface area contributed by atoms with Crippen molar-refractivity contribution in [2.45, 2.75) is 64.3 Å². The normalized spacial score (nSPS) is 24.6. The maximum Gasteiger partial charge on any atom is 0.242 e. The smallest absolute Gasteiger partial charge is 0.242 e. The van der Waals surface area contributed by atoms with Gasteiger partial charge in [0, 0.05) is 13.6 Å². The molecule has 1 unspecified atom stereocenters. The molecule has 0 aromatic carbocycles. The third-order valence-electron chi connectivity index (χ3n) is 3.81. The summed E-state index contributed by atoms with van der Waals surface area (Å²) >= 11 is 0. The largest absolute Gasteiger partial charge is 0.344 e. The standard InChI is InChI=1S/C14H28N2O/c1-4-5-6-7-8-9-11-15-14(2)10-12-16(3)13(14)17/h15H,4-12H2,1-3H3. The van der Waals surface area contributed by atoms with Crippen molar-refractivity contribution in [3.63, 3.8) is 0 Å². The number of rotatable bonds is 8. The molecule has 0 spiro atoms. The van der Waals surface area contributed by atoms with Crippen molar-refractivity contribution in [1.82, 2.24) is 10.2 Å². The van der Waals surface area contributed by atoms with Crippen LogP contribution >= 0.6 is 0 Å². The van der Waals surface area contributed by atoms with Crippen molar-refractivity contribution in [1.29, 1.82) is 0 Å². The molecule has 1 N–H and O–H groups in total. The maximum absolute atomic E-state index is 11.9. The van der Waals surface area contributed by atoms with E-state index < -0.39 is 0 Å². The minimum atomic E-state index is -0.293. The molecule has 0 aliphatic carbocycles. The molecular weight excluding hydrogens is 212 g/mol. The third kappa shape index (κ3) is 4.30. The fraction of sp³-hybridized carbons (Fsp3) is 0.929. The van der Waals surface area contributed by atoms with Gasteiger partial charge in [0.2, 0.25) is 5.91 Å². The van der Waals surface area contributed by atoms with Crippen LogP contribution in [0.25, 0.3) is 0 Å². The predicted molar refractivity (Wildman–Crippen MR) is 72.0 cm³/mol. The summed E-state index contributed by atoms with van der Waals surface area (Å²) in [6.45, 7) is 6.14. The fourth-order valence-corrected chi connectivity index (χ4v) is 2.45. The molecule has 3 heteroatoms. The Balaban J connectivity index is 2.08. The molecule has 3 nitrogen and oxygen atoms in total. The molecule has 1 amide bonds. The minimum absolute atomic E-state index is 0.253. The van der Waals surface area contributed by atoms with E-state index in [2.05, 4.69) is 12.2 Å². The summed E-state index contributed by atoms with van der Waals surface area (Å²) in [6, 6.07) is 0. The minimum Gasteiger partial charge on any atom is -0.344 e. The second-order valence-electron chi connectivity index (χ2n) is 5.50. The second-order valence-corrected chi connectivity index (χ2v) is 5.50. The Kier molecular flexibility index (Phi) is 5.96. The molecule has 0 saturated carbocycles. The van der Waals surface area contributed by atoms with Crippen LogP contribution in [0.3, 0.4) is 0 Å². The number of amides is 1. The highest BCUT2D eigenvalue weighted by molar-refractivity contribution is 5.87. The first kappa shape index (κ1) is 14.5. The van der Waals surface area contributed by atoms with Gasteiger partial charge in [0.15, 0.2) is 0 Å². The Labute approximate surface area is 106 Å². The van der Waals surface area contributed by atoms with Gasteiger partial charge in [0.25, 0.3) is 0 Å². The van der Waals surface area contributed by atoms with E-state index in [9.17, 15) is 4.79 Å². The summed E-state index contributed by atoms with van der Waals surface area (Å²) in [5, 5.41) is 3.44. The van der Waals surface area contributed by atoms with Gasteiger partial charge in [-0.1, -0.05) is 39.0 Å². The van der Waals surface area contributed by atoms with E-state index in [0.29, 0.717) is 0 Å². The van der Waals surface area contributed by atoms with Gasteiger partial charge < -0.3 is 10.2 Å². The molecule has 1 saturated heterocycles. The number of likely N-dealkylation sites (tertiary alicyclic amines) is 1. The van der Waals surface area contributed by atoms with Gasteiger partial charge in [-0.25, -0.2) is 0 Å². The molecule has 0 aromatic heterocycles. The molecule has 1 aliphatic heterocycles. The van der Waals surface area contributed by atoms with Crippen LogP contribution in [-0.4, -0.2) is 36.5 Å². The number of hydrogen-bond donors (Lipinski definition) is 1. The highest BCUT2D eigenvalue weighted by atomic mass is 16.2. The average Bonchev–Trinajstić information content (AvgIpc) is 2.57. The van der Waals surface area contributed by atoms with E-state index in [1.165, 1.54) is 38.5 Å². The number of hydrogen-bond acceptors (Lipinski definition) is 2. The zero-order valence-electron chi connectivity index (χ0n) is 11.7. The lowest BCUT2D eigenvalue weighted by Gasteiger charge is -2.23. The Morgan fingerprint density at radius 3 is 2.47 bits per heavy atom. The van der Waals surface area contributed by atoms with E-state index >= 15 is 0 Å². The Bertz CT molecular complexity index is 242. The highest BCUT2D eigenvalue weighted by Crippen LogP contribution is 2.21. The summed E-state index contributed by atoms with van der Waals surface area (Å²) in [7, 11) is 1.89. The van der Waals surface area contributed by atoms with E-state index in [0.717, 1.165) is 19.5 Å². The Hall–Kier alpha value is -0.570. The summed E-state index contributed by atoms with van der Waals surface area (Å²) in [4.78, 5) is 13.7. The van der Waals surface area contributed by atoms with Crippen molar-refractivity contribution in [3.05, 3.63) is 0 Å². The number of unbranched alkanes of at least 4 members (excludes halogenated alkanes) is 5. The van der Waals surface area contributed by atoms with Crippen LogP contribution in [0.2, 0.25) is 0 Å². The predicted octanol–water partition coefficient (Wildman–Crippen LogP) is 2.56. The molecule has 17 heavy (non-hydrogen) atoms. The topological polar surface area (TPSA) is 32.3 Å². The van der Waals surface area contributed by atoms with Gasteiger partial charge in [-0.15, -0.1) is 0 Å². The molecule has 0 aromatic rings. The molecule has 1 heterocycles. The first-order valence-corrected chi connectivity index (χ1v) is 7.11. The van der Waals surface area contributed by atoms with Crippen LogP contribution in [0.1, 0.15) is 58.8 Å². The number of nitrogens with one attached hydrogen (secondary N) is 1. The van der Waals surface area contributed by atoms with E-state index in [1.54, 1.807) is 0 Å². The van der Waals surface area contributed by atoms with Crippen LogP contribution in [0.15, 0.2) is 0 Å². The lowest BCUT2D eigenvalue weighted by molar-refractivity contribution is -0.131. The quantitative estimate of drug-likeness (QED) is 0.661. The highest BCUT2D eigenvalue weighted by Gasteiger charge is 2.40. The van der Waals surface area contributed by atoms with Crippen molar-refractivity contribution < 1.29 is 4.79 Å². The van der Waals surface area contributed by atoms with Gasteiger partial charge >= 0.3 is 0 Å². The number of carbonyl (C=O) groups excluding carboxylic acids is 1. The molecule has 0 radical (unpaired) electrons. The van der Waals surface area contributed by atoms with Crippen LogP contribution in [0.5, 0.6) is 0 Å². The number of likely N-dealkylation sites (N-methyl/N-ethyl adjacent to an activating group) is 1. The number of carbonyl (C=O) groups is 1. The van der Waals surface area contributed by atoms with Gasteiger partial charge in [-0.3, -0.25) is 4.79 Å². The molecule has 100 valence electrons. The molecule has 1 rings (SSSR count). The van der Waals surface area contributed by atoms with Gasteiger partial charge in [0.1, 0.15) is 0 Å². The first-order chi connectivity index (χ1) is 8.10. The summed E-state index contributed by atoms with van der Waals surface area (Å²) < 4.78 is 0. The van der Waals surface area contributed by atoms with E-state index in [4.69, 9.17) is 0 Å². The zero-order chi connectivity index (χ0) is 12.7. The van der Waals surface area contributed by atoms with Crippen LogP contribution < -0.4 is 5.32 Å². The average molecular weight is 240 g/mol. The number of nitrogens with zero attached hydrogens (tertiary/aromatic N) is 1. The Morgan fingerprint density at radius 1 is 1.24 bits per heavy atom. The second kappa shape index (κ2) is 7.00. The van der Waals surface area contributed by atoms with Crippen molar-refractivity contribution in [3.8, 4) is 0 Å². The van der Waals surface area contributed by atoms with Gasteiger partial charge in [-0.05, 0) is 26.3 Å². The Morgan fingerprint density at radius 2 is 1.88 bits per heavy atom. The summed E-state index contributed by atoms with van der Waals surface area (Å²) in [5.74, 6) is 0.253.